The molecule has 0 heterocycles. The first-order valence-corrected chi connectivity index (χ1v) is 9.10. The maximum atomic E-state index is 12.1. The molecular formula is C19H19Cl2N3O4. The van der Waals surface area contributed by atoms with Gasteiger partial charge in [0.2, 0.25) is 0 Å². The Hall–Kier alpha value is -2.77. The van der Waals surface area contributed by atoms with E-state index in [4.69, 9.17) is 33.7 Å². The molecule has 0 spiro atoms. The van der Waals surface area contributed by atoms with Crippen LogP contribution in [0, 0.1) is 0 Å². The van der Waals surface area contributed by atoms with Crippen LogP contribution in [0.5, 0.6) is 0 Å². The molecule has 0 saturated carbocycles. The highest BCUT2D eigenvalue weighted by Crippen LogP contribution is 2.22. The van der Waals surface area contributed by atoms with Crippen LogP contribution < -0.4 is 16.4 Å². The molecule has 28 heavy (non-hydrogen) atoms. The van der Waals surface area contributed by atoms with Crippen LogP contribution in [0.1, 0.15) is 23.7 Å². The van der Waals surface area contributed by atoms with Crippen LogP contribution in [0.25, 0.3) is 0 Å². The highest BCUT2D eigenvalue weighted by molar-refractivity contribution is 6.35. The van der Waals surface area contributed by atoms with Crippen LogP contribution in [0.3, 0.4) is 0 Å². The fraction of sp³-hybridized carbons (Fsp3) is 0.211. The van der Waals surface area contributed by atoms with Gasteiger partial charge in [-0.2, -0.15) is 0 Å². The molecule has 2 aromatic rings. The van der Waals surface area contributed by atoms with E-state index in [0.717, 1.165) is 0 Å². The van der Waals surface area contributed by atoms with Crippen molar-refractivity contribution in [1.29, 1.82) is 0 Å². The number of esters is 1. The van der Waals surface area contributed by atoms with Crippen LogP contribution in [-0.2, 0) is 14.3 Å². The largest absolute Gasteiger partial charge is 0.452 e. The molecule has 7 nitrogen and oxygen atoms in total. The number of nitrogen functional groups attached to an aromatic ring is 1. The Kier molecular flexibility index (Phi) is 7.66. The van der Waals surface area contributed by atoms with E-state index in [1.807, 2.05) is 0 Å². The third kappa shape index (κ3) is 6.75. The van der Waals surface area contributed by atoms with E-state index in [0.29, 0.717) is 27.0 Å². The zero-order valence-corrected chi connectivity index (χ0v) is 16.5. The molecule has 0 fully saturated rings. The number of carbonyl (C=O) groups is 3. The molecule has 0 saturated heterocycles. The third-order valence-corrected chi connectivity index (χ3v) is 4.03. The summed E-state index contributed by atoms with van der Waals surface area (Å²) in [5.41, 5.74) is 6.93. The number of nitrogens with one attached hydrogen (secondary N) is 2. The number of hydrogen-bond donors (Lipinski definition) is 3. The number of carbonyl (C=O) groups excluding carboxylic acids is 3. The van der Waals surface area contributed by atoms with Gasteiger partial charge in [-0.15, -0.1) is 0 Å². The second-order valence-corrected chi connectivity index (χ2v) is 6.78. The summed E-state index contributed by atoms with van der Waals surface area (Å²) in [6.07, 6.45) is -1.11. The van der Waals surface area contributed by atoms with Gasteiger partial charge in [0.1, 0.15) is 0 Å². The molecule has 1 atom stereocenters. The smallest absolute Gasteiger partial charge is 0.308 e. The van der Waals surface area contributed by atoms with Crippen LogP contribution in [-0.4, -0.2) is 30.4 Å². The Balaban J connectivity index is 1.76. The maximum Gasteiger partial charge on any atom is 0.308 e. The summed E-state index contributed by atoms with van der Waals surface area (Å²) in [6.45, 7) is 1.51. The fourth-order valence-electron chi connectivity index (χ4n) is 2.19. The van der Waals surface area contributed by atoms with Gasteiger partial charge in [-0.25, -0.2) is 0 Å². The van der Waals surface area contributed by atoms with Crippen LogP contribution in [0.2, 0.25) is 10.0 Å². The van der Waals surface area contributed by atoms with Gasteiger partial charge in [0.25, 0.3) is 11.8 Å². The number of benzene rings is 2. The summed E-state index contributed by atoms with van der Waals surface area (Å²) in [4.78, 5) is 35.9. The summed E-state index contributed by atoms with van der Waals surface area (Å²) in [5.74, 6) is -1.49. The molecule has 2 amide bonds. The molecule has 2 rings (SSSR count). The summed E-state index contributed by atoms with van der Waals surface area (Å²) in [7, 11) is 0. The number of rotatable bonds is 7. The molecule has 148 valence electrons. The van der Waals surface area contributed by atoms with Crippen molar-refractivity contribution in [2.45, 2.75) is 19.4 Å². The lowest BCUT2D eigenvalue weighted by Gasteiger charge is -2.14. The van der Waals surface area contributed by atoms with Gasteiger partial charge < -0.3 is 21.1 Å². The summed E-state index contributed by atoms with van der Waals surface area (Å²) >= 11 is 11.7. The molecular weight excluding hydrogens is 405 g/mol. The van der Waals surface area contributed by atoms with Crippen molar-refractivity contribution in [1.82, 2.24) is 5.32 Å². The van der Waals surface area contributed by atoms with E-state index in [2.05, 4.69) is 10.6 Å². The van der Waals surface area contributed by atoms with E-state index < -0.39 is 18.0 Å². The van der Waals surface area contributed by atoms with E-state index in [1.165, 1.54) is 25.1 Å². The Morgan fingerprint density at radius 1 is 1.07 bits per heavy atom. The lowest BCUT2D eigenvalue weighted by atomic mass is 10.2. The highest BCUT2D eigenvalue weighted by Gasteiger charge is 2.18. The van der Waals surface area contributed by atoms with Gasteiger partial charge in [0.05, 0.1) is 6.42 Å². The molecule has 0 bridgehead atoms. The van der Waals surface area contributed by atoms with Gasteiger partial charge in [0, 0.05) is 33.5 Å². The van der Waals surface area contributed by atoms with E-state index in [-0.39, 0.29) is 18.9 Å². The number of hydrogen-bond acceptors (Lipinski definition) is 5. The minimum atomic E-state index is -1.03. The van der Waals surface area contributed by atoms with Gasteiger partial charge in [0.15, 0.2) is 6.10 Å². The first-order chi connectivity index (χ1) is 13.2. The average Bonchev–Trinajstić information content (AvgIpc) is 2.61. The second kappa shape index (κ2) is 9.96. The molecule has 9 heteroatoms. The molecule has 0 aromatic heterocycles. The zero-order valence-electron chi connectivity index (χ0n) is 15.0. The third-order valence-electron chi connectivity index (χ3n) is 3.60. The number of ether oxygens (including phenoxy) is 1. The Bertz CT molecular complexity index is 852. The number of nitrogens with two attached hydrogens (primary N) is 1. The molecule has 0 aliphatic heterocycles. The average molecular weight is 424 g/mol. The second-order valence-electron chi connectivity index (χ2n) is 5.91. The van der Waals surface area contributed by atoms with Crippen LogP contribution in [0.15, 0.2) is 42.5 Å². The van der Waals surface area contributed by atoms with E-state index >= 15 is 0 Å². The minimum absolute atomic E-state index is 0.0697. The van der Waals surface area contributed by atoms with Crippen molar-refractivity contribution in [2.75, 3.05) is 17.6 Å². The molecule has 0 unspecified atom stereocenters. The van der Waals surface area contributed by atoms with Crippen molar-refractivity contribution >= 4 is 52.4 Å². The quantitative estimate of drug-likeness (QED) is 0.467. The molecule has 0 aliphatic carbocycles. The fourth-order valence-corrected chi connectivity index (χ4v) is 2.72. The van der Waals surface area contributed by atoms with Gasteiger partial charge in [-0.3, -0.25) is 14.4 Å². The lowest BCUT2D eigenvalue weighted by molar-refractivity contribution is -0.153. The van der Waals surface area contributed by atoms with Gasteiger partial charge >= 0.3 is 5.97 Å². The predicted molar refractivity (Wildman–Crippen MR) is 108 cm³/mol. The standard InChI is InChI=1S/C19H19Cl2N3O4/c1-11(18(26)24-16-9-13(20)8-14(21)10-16)28-17(25)6-7-23-19(27)12-2-4-15(22)5-3-12/h2-5,8-11H,6-7,22H2,1H3,(H,23,27)(H,24,26)/t11-/m1/s1. The number of anilines is 2. The lowest BCUT2D eigenvalue weighted by Crippen LogP contribution is -2.32. The SMILES string of the molecule is C[C@@H](OC(=O)CCNC(=O)c1ccc(N)cc1)C(=O)Nc1cc(Cl)cc(Cl)c1. The minimum Gasteiger partial charge on any atom is -0.452 e. The summed E-state index contributed by atoms with van der Waals surface area (Å²) in [6, 6.07) is 10.9. The van der Waals surface area contributed by atoms with Crippen molar-refractivity contribution < 1.29 is 19.1 Å². The van der Waals surface area contributed by atoms with E-state index in [9.17, 15) is 14.4 Å². The topological polar surface area (TPSA) is 111 Å². The van der Waals surface area contributed by atoms with Crippen molar-refractivity contribution in [3.05, 3.63) is 58.1 Å². The van der Waals surface area contributed by atoms with Crippen molar-refractivity contribution in [3.8, 4) is 0 Å². The van der Waals surface area contributed by atoms with E-state index in [1.54, 1.807) is 24.3 Å². The first kappa shape index (κ1) is 21.5. The summed E-state index contributed by atoms with van der Waals surface area (Å²) in [5, 5.41) is 5.89. The summed E-state index contributed by atoms with van der Waals surface area (Å²) < 4.78 is 5.06. The normalized spacial score (nSPS) is 11.4. The van der Waals surface area contributed by atoms with Gasteiger partial charge in [-0.05, 0) is 49.4 Å². The maximum absolute atomic E-state index is 12.1. The van der Waals surface area contributed by atoms with Crippen molar-refractivity contribution in [3.63, 3.8) is 0 Å². The van der Waals surface area contributed by atoms with Crippen LogP contribution in [0.4, 0.5) is 11.4 Å². The molecule has 2 aromatic carbocycles. The first-order valence-electron chi connectivity index (χ1n) is 8.35. The van der Waals surface area contributed by atoms with Gasteiger partial charge in [-0.1, -0.05) is 23.2 Å². The van der Waals surface area contributed by atoms with Crippen molar-refractivity contribution in [2.24, 2.45) is 0 Å². The molecule has 0 aliphatic rings. The monoisotopic (exact) mass is 423 g/mol. The highest BCUT2D eigenvalue weighted by atomic mass is 35.5. The van der Waals surface area contributed by atoms with Crippen LogP contribution >= 0.6 is 23.2 Å². The number of halogens is 2. The Labute approximate surface area is 172 Å². The predicted octanol–water partition coefficient (Wildman–Crippen LogP) is 3.27. The zero-order chi connectivity index (χ0) is 20.7. The molecule has 0 radical (unpaired) electrons. The Morgan fingerprint density at radius 3 is 2.29 bits per heavy atom. The number of amides is 2. The molecule has 4 N–H and O–H groups in total. The Morgan fingerprint density at radius 2 is 1.68 bits per heavy atom.